The Bertz CT molecular complexity index is 1230. The Morgan fingerprint density at radius 3 is 2.53 bits per heavy atom. The van der Waals surface area contributed by atoms with Crippen LogP contribution in [0.5, 0.6) is 5.75 Å². The number of nitrogens with zero attached hydrogens (tertiary/aromatic N) is 4. The third kappa shape index (κ3) is 3.43. The van der Waals surface area contributed by atoms with Crippen molar-refractivity contribution in [2.45, 2.75) is 26.4 Å². The molecule has 0 radical (unpaired) electrons. The molecular weight excluding hydrogens is 408 g/mol. The number of ether oxygens (including phenoxy) is 1. The van der Waals surface area contributed by atoms with Crippen LogP contribution in [0.3, 0.4) is 0 Å². The maximum Gasteiger partial charge on any atom is 0.295 e. The number of methoxy groups -OCH3 is 1. The molecule has 1 aromatic carbocycles. The lowest BCUT2D eigenvalue weighted by Crippen LogP contribution is -2.29. The molecule has 8 heteroatoms. The molecule has 164 valence electrons. The van der Waals surface area contributed by atoms with Crippen molar-refractivity contribution >= 4 is 17.4 Å². The zero-order valence-electron chi connectivity index (χ0n) is 18.4. The number of benzene rings is 1. The molecule has 1 atom stereocenters. The van der Waals surface area contributed by atoms with E-state index in [1.807, 2.05) is 18.2 Å². The highest BCUT2D eigenvalue weighted by Crippen LogP contribution is 2.43. The van der Waals surface area contributed by atoms with Gasteiger partial charge in [-0.1, -0.05) is 24.3 Å². The maximum atomic E-state index is 13.2. The smallest absolute Gasteiger partial charge is 0.295 e. The zero-order chi connectivity index (χ0) is 23.0. The molecule has 1 aliphatic heterocycles. The van der Waals surface area contributed by atoms with Gasteiger partial charge in [-0.3, -0.25) is 19.3 Å². The van der Waals surface area contributed by atoms with Crippen LogP contribution in [0.1, 0.15) is 34.1 Å². The minimum Gasteiger partial charge on any atom is -0.507 e. The first-order valence-corrected chi connectivity index (χ1v) is 10.2. The Labute approximate surface area is 185 Å². The number of Topliss-reactive ketones (excluding diaryl/α,β-unsaturated/α-hetero) is 1. The average molecular weight is 432 g/mol. The number of carbonyl (C=O) groups is 2. The number of hydrogen-bond donors (Lipinski definition) is 1. The molecule has 1 N–H and O–H groups in total. The van der Waals surface area contributed by atoms with Gasteiger partial charge in [-0.2, -0.15) is 5.10 Å². The number of aliphatic hydroxyl groups excluding tert-OH is 1. The lowest BCUT2D eigenvalue weighted by Gasteiger charge is -2.26. The van der Waals surface area contributed by atoms with Crippen LogP contribution in [0.15, 0.2) is 54.4 Å². The van der Waals surface area contributed by atoms with E-state index in [1.165, 1.54) is 12.0 Å². The molecule has 3 heterocycles. The normalized spacial score (nSPS) is 17.8. The number of amides is 1. The Hall–Kier alpha value is -3.94. The van der Waals surface area contributed by atoms with E-state index in [9.17, 15) is 14.7 Å². The number of pyridine rings is 1. The Balaban J connectivity index is 1.95. The van der Waals surface area contributed by atoms with Crippen LogP contribution in [-0.2, 0) is 23.2 Å². The van der Waals surface area contributed by atoms with Gasteiger partial charge in [0.15, 0.2) is 0 Å². The summed E-state index contributed by atoms with van der Waals surface area (Å²) in [6.45, 7) is 3.72. The predicted molar refractivity (Wildman–Crippen MR) is 118 cm³/mol. The van der Waals surface area contributed by atoms with Crippen LogP contribution in [0.2, 0.25) is 0 Å². The third-order valence-electron chi connectivity index (χ3n) is 5.80. The summed E-state index contributed by atoms with van der Waals surface area (Å²) in [7, 11) is 3.29. The number of likely N-dealkylation sites (tertiary alicyclic amines) is 1. The molecule has 0 saturated carbocycles. The molecule has 1 unspecified atom stereocenters. The van der Waals surface area contributed by atoms with E-state index in [0.29, 0.717) is 28.3 Å². The number of ketones is 1. The van der Waals surface area contributed by atoms with E-state index >= 15 is 0 Å². The van der Waals surface area contributed by atoms with Crippen molar-refractivity contribution in [1.82, 2.24) is 19.7 Å². The van der Waals surface area contributed by atoms with Gasteiger partial charge in [-0.15, -0.1) is 0 Å². The van der Waals surface area contributed by atoms with Crippen molar-refractivity contribution in [2.24, 2.45) is 7.05 Å². The quantitative estimate of drug-likeness (QED) is 0.378. The van der Waals surface area contributed by atoms with Gasteiger partial charge in [0.05, 0.1) is 30.0 Å². The van der Waals surface area contributed by atoms with Crippen LogP contribution in [0, 0.1) is 13.8 Å². The van der Waals surface area contributed by atoms with Crippen LogP contribution in [0.25, 0.3) is 5.76 Å². The second kappa shape index (κ2) is 8.30. The number of para-hydroxylation sites is 1. The lowest BCUT2D eigenvalue weighted by atomic mass is 9.94. The highest BCUT2D eigenvalue weighted by Gasteiger charge is 2.47. The summed E-state index contributed by atoms with van der Waals surface area (Å²) in [5.41, 5.74) is 3.10. The SMILES string of the molecule is COc1ccccc1C1/C(=C(\O)c2c(C)nn(C)c2C)C(=O)C(=O)N1Cc1cccnc1. The van der Waals surface area contributed by atoms with E-state index in [-0.39, 0.29) is 17.9 Å². The topological polar surface area (TPSA) is 97.5 Å². The first-order valence-electron chi connectivity index (χ1n) is 10.2. The second-order valence-electron chi connectivity index (χ2n) is 7.70. The van der Waals surface area contributed by atoms with Crippen molar-refractivity contribution in [3.63, 3.8) is 0 Å². The van der Waals surface area contributed by atoms with Crippen LogP contribution < -0.4 is 4.74 Å². The standard InChI is InChI=1S/C24H24N4O4/c1-14-19(15(2)27(3)26-14)22(29)20-21(17-9-5-6-10-18(17)32-4)28(24(31)23(20)30)13-16-8-7-11-25-12-16/h5-12,21,29H,13H2,1-4H3/b22-20+. The Kier molecular flexibility index (Phi) is 5.52. The molecule has 2 aromatic heterocycles. The summed E-state index contributed by atoms with van der Waals surface area (Å²) in [5, 5.41) is 15.7. The van der Waals surface area contributed by atoms with Crippen LogP contribution in [0.4, 0.5) is 0 Å². The molecule has 4 rings (SSSR count). The van der Waals surface area contributed by atoms with Gasteiger partial charge in [0.25, 0.3) is 11.7 Å². The molecule has 1 aliphatic rings. The molecular formula is C24H24N4O4. The van der Waals surface area contributed by atoms with Crippen LogP contribution >= 0.6 is 0 Å². The fraction of sp³-hybridized carbons (Fsp3) is 0.250. The highest BCUT2D eigenvalue weighted by molar-refractivity contribution is 6.46. The molecule has 0 spiro atoms. The van der Waals surface area contributed by atoms with Crippen LogP contribution in [-0.4, -0.2) is 43.6 Å². The predicted octanol–water partition coefficient (Wildman–Crippen LogP) is 3.06. The van der Waals surface area contributed by atoms with Gasteiger partial charge in [0, 0.05) is 37.2 Å². The van der Waals surface area contributed by atoms with E-state index in [4.69, 9.17) is 4.74 Å². The summed E-state index contributed by atoms with van der Waals surface area (Å²) in [5.74, 6) is -1.16. The summed E-state index contributed by atoms with van der Waals surface area (Å²) < 4.78 is 7.16. The van der Waals surface area contributed by atoms with Gasteiger partial charge < -0.3 is 14.7 Å². The minimum atomic E-state index is -0.828. The van der Waals surface area contributed by atoms with E-state index in [0.717, 1.165) is 5.56 Å². The maximum absolute atomic E-state index is 13.2. The molecule has 0 aliphatic carbocycles. The van der Waals surface area contributed by atoms with Crippen molar-refractivity contribution < 1.29 is 19.4 Å². The number of hydrogen-bond acceptors (Lipinski definition) is 6. The Morgan fingerprint density at radius 1 is 1.16 bits per heavy atom. The van der Waals surface area contributed by atoms with Crippen molar-refractivity contribution in [3.05, 3.63) is 82.4 Å². The monoisotopic (exact) mass is 432 g/mol. The molecule has 3 aromatic rings. The fourth-order valence-corrected chi connectivity index (χ4v) is 4.20. The van der Waals surface area contributed by atoms with Crippen molar-refractivity contribution in [3.8, 4) is 5.75 Å². The number of aryl methyl sites for hydroxylation is 2. The fourth-order valence-electron chi connectivity index (χ4n) is 4.20. The molecule has 8 nitrogen and oxygen atoms in total. The van der Waals surface area contributed by atoms with Gasteiger partial charge in [0.1, 0.15) is 11.5 Å². The second-order valence-corrected chi connectivity index (χ2v) is 7.70. The summed E-state index contributed by atoms with van der Waals surface area (Å²) >= 11 is 0. The summed E-state index contributed by atoms with van der Waals surface area (Å²) in [4.78, 5) is 32.0. The van der Waals surface area contributed by atoms with E-state index < -0.39 is 17.7 Å². The molecule has 0 bridgehead atoms. The summed E-state index contributed by atoms with van der Waals surface area (Å²) in [6, 6.07) is 9.95. The molecule has 1 saturated heterocycles. The van der Waals surface area contributed by atoms with E-state index in [1.54, 1.807) is 56.2 Å². The van der Waals surface area contributed by atoms with Crippen molar-refractivity contribution in [2.75, 3.05) is 7.11 Å². The van der Waals surface area contributed by atoms with Gasteiger partial charge in [-0.05, 0) is 31.5 Å². The summed E-state index contributed by atoms with van der Waals surface area (Å²) in [6.07, 6.45) is 3.29. The third-order valence-corrected chi connectivity index (χ3v) is 5.80. The minimum absolute atomic E-state index is 0.0163. The van der Waals surface area contributed by atoms with Gasteiger partial charge in [-0.25, -0.2) is 0 Å². The first-order chi connectivity index (χ1) is 15.3. The molecule has 1 amide bonds. The lowest BCUT2D eigenvalue weighted by molar-refractivity contribution is -0.140. The number of aromatic nitrogens is 3. The number of aliphatic hydroxyl groups is 1. The molecule has 32 heavy (non-hydrogen) atoms. The first kappa shape index (κ1) is 21.3. The largest absolute Gasteiger partial charge is 0.507 e. The van der Waals surface area contributed by atoms with Crippen molar-refractivity contribution in [1.29, 1.82) is 0 Å². The van der Waals surface area contributed by atoms with Gasteiger partial charge in [0.2, 0.25) is 0 Å². The highest BCUT2D eigenvalue weighted by atomic mass is 16.5. The van der Waals surface area contributed by atoms with E-state index in [2.05, 4.69) is 10.1 Å². The number of carbonyl (C=O) groups excluding carboxylic acids is 2. The van der Waals surface area contributed by atoms with Gasteiger partial charge >= 0.3 is 0 Å². The number of rotatable bonds is 5. The zero-order valence-corrected chi connectivity index (χ0v) is 18.4. The average Bonchev–Trinajstić information content (AvgIpc) is 3.20. The molecule has 1 fully saturated rings. The Morgan fingerprint density at radius 2 is 1.91 bits per heavy atom.